The van der Waals surface area contributed by atoms with Gasteiger partial charge in [0.05, 0.1) is 11.6 Å². The quantitative estimate of drug-likeness (QED) is 0.836. The normalized spacial score (nSPS) is 24.4. The van der Waals surface area contributed by atoms with E-state index in [0.29, 0.717) is 24.4 Å². The Balaban J connectivity index is 1.45. The third-order valence-electron chi connectivity index (χ3n) is 5.92. The molecule has 3 aliphatic rings. The monoisotopic (exact) mass is 353 g/mol. The number of fused-ring (bicyclic) bond motifs is 3. The van der Waals surface area contributed by atoms with Gasteiger partial charge in [0.25, 0.3) is 5.91 Å². The molecule has 1 saturated heterocycles. The summed E-state index contributed by atoms with van der Waals surface area (Å²) in [7, 11) is 0. The van der Waals surface area contributed by atoms with Crippen molar-refractivity contribution in [3.05, 3.63) is 45.9 Å². The molecule has 1 aliphatic carbocycles. The summed E-state index contributed by atoms with van der Waals surface area (Å²) in [5.74, 6) is 1.48. The fourth-order valence-corrected chi connectivity index (χ4v) is 4.40. The lowest BCUT2D eigenvalue weighted by molar-refractivity contribution is 0.0664. The Morgan fingerprint density at radius 1 is 1.19 bits per heavy atom. The lowest BCUT2D eigenvalue weighted by Crippen LogP contribution is -2.43. The highest BCUT2D eigenvalue weighted by atomic mass is 16.2. The van der Waals surface area contributed by atoms with Crippen molar-refractivity contribution in [3.8, 4) is 0 Å². The van der Waals surface area contributed by atoms with Crippen LogP contribution in [0.25, 0.3) is 0 Å². The summed E-state index contributed by atoms with van der Waals surface area (Å²) in [6.45, 7) is 3.24. The van der Waals surface area contributed by atoms with Crippen molar-refractivity contribution in [2.75, 3.05) is 0 Å². The molecule has 0 spiro atoms. The molecule has 7 heteroatoms. The second-order valence-corrected chi connectivity index (χ2v) is 7.99. The molecule has 0 aromatic carbocycles. The fraction of sp³-hybridized carbons (Fsp3) is 0.579. The summed E-state index contributed by atoms with van der Waals surface area (Å²) in [6.07, 6.45) is 8.37. The minimum Gasteiger partial charge on any atom is -0.330 e. The van der Waals surface area contributed by atoms with Crippen LogP contribution in [0.3, 0.4) is 0 Å². The average Bonchev–Trinajstić information content (AvgIpc) is 3.31. The zero-order chi connectivity index (χ0) is 17.8. The summed E-state index contributed by atoms with van der Waals surface area (Å²) >= 11 is 0. The molecule has 0 radical (unpaired) electrons. The number of hydrogen-bond acceptors (Lipinski definition) is 4. The Labute approximate surface area is 151 Å². The predicted octanol–water partition coefficient (Wildman–Crippen LogP) is 1.39. The van der Waals surface area contributed by atoms with Crippen LogP contribution < -0.4 is 5.69 Å². The zero-order valence-corrected chi connectivity index (χ0v) is 15.0. The topological polar surface area (TPSA) is 73.0 Å². The first kappa shape index (κ1) is 15.8. The highest BCUT2D eigenvalue weighted by Gasteiger charge is 2.41. The number of hydrogen-bond donors (Lipinski definition) is 0. The summed E-state index contributed by atoms with van der Waals surface area (Å²) in [5.41, 5.74) is 1.60. The summed E-state index contributed by atoms with van der Waals surface area (Å²) in [5, 5.41) is 4.61. The molecule has 2 fully saturated rings. The number of aryl methyl sites for hydroxylation is 1. The van der Waals surface area contributed by atoms with Crippen LogP contribution in [-0.2, 0) is 19.5 Å². The second kappa shape index (κ2) is 5.79. The number of rotatable bonds is 3. The van der Waals surface area contributed by atoms with E-state index in [-0.39, 0.29) is 23.7 Å². The largest absolute Gasteiger partial charge is 0.345 e. The van der Waals surface area contributed by atoms with E-state index in [1.165, 1.54) is 12.8 Å². The molecular weight excluding hydrogens is 330 g/mol. The van der Waals surface area contributed by atoms with Crippen LogP contribution in [-0.4, -0.2) is 42.2 Å². The molecule has 2 aromatic rings. The van der Waals surface area contributed by atoms with Crippen molar-refractivity contribution in [1.82, 2.24) is 24.2 Å². The standard InChI is InChI=1S/C19H23N5O2/c1-12-6-14(9-20-8-12)18(25)24-15-4-5-16(24)11-22-17(7-15)21-23(19(22)26)10-13-2-3-13/h6,8-9,13,15-16H,2-5,7,10-11H2,1H3. The molecule has 2 atom stereocenters. The third kappa shape index (κ3) is 2.57. The maximum absolute atomic E-state index is 13.1. The van der Waals surface area contributed by atoms with Gasteiger partial charge in [0.2, 0.25) is 0 Å². The van der Waals surface area contributed by atoms with Gasteiger partial charge >= 0.3 is 5.69 Å². The molecule has 2 aromatic heterocycles. The highest BCUT2D eigenvalue weighted by Crippen LogP contribution is 2.33. The lowest BCUT2D eigenvalue weighted by atomic mass is 10.1. The van der Waals surface area contributed by atoms with Crippen molar-refractivity contribution < 1.29 is 4.79 Å². The molecule has 7 nitrogen and oxygen atoms in total. The van der Waals surface area contributed by atoms with E-state index in [4.69, 9.17) is 0 Å². The van der Waals surface area contributed by atoms with Gasteiger partial charge in [-0.3, -0.25) is 14.3 Å². The van der Waals surface area contributed by atoms with E-state index >= 15 is 0 Å². The first-order valence-electron chi connectivity index (χ1n) is 9.51. The molecule has 0 N–H and O–H groups in total. The van der Waals surface area contributed by atoms with E-state index in [0.717, 1.165) is 30.8 Å². The summed E-state index contributed by atoms with van der Waals surface area (Å²) in [6, 6.07) is 2.07. The molecule has 4 heterocycles. The number of pyridine rings is 1. The number of nitrogens with zero attached hydrogens (tertiary/aromatic N) is 5. The average molecular weight is 353 g/mol. The van der Waals surface area contributed by atoms with E-state index in [9.17, 15) is 9.59 Å². The maximum atomic E-state index is 13.1. The van der Waals surface area contributed by atoms with Gasteiger partial charge in [-0.15, -0.1) is 0 Å². The van der Waals surface area contributed by atoms with Crippen LogP contribution in [0.15, 0.2) is 23.3 Å². The Kier molecular flexibility index (Phi) is 3.52. The van der Waals surface area contributed by atoms with E-state index < -0.39 is 0 Å². The van der Waals surface area contributed by atoms with Crippen molar-refractivity contribution in [2.24, 2.45) is 5.92 Å². The Morgan fingerprint density at radius 3 is 2.77 bits per heavy atom. The van der Waals surface area contributed by atoms with Crippen LogP contribution in [0, 0.1) is 12.8 Å². The minimum absolute atomic E-state index is 0.0101. The van der Waals surface area contributed by atoms with Gasteiger partial charge in [0, 0.05) is 37.9 Å². The third-order valence-corrected chi connectivity index (χ3v) is 5.92. The van der Waals surface area contributed by atoms with Crippen LogP contribution in [0.4, 0.5) is 0 Å². The first-order chi connectivity index (χ1) is 12.6. The van der Waals surface area contributed by atoms with Gasteiger partial charge in [-0.25, -0.2) is 9.48 Å². The highest BCUT2D eigenvalue weighted by molar-refractivity contribution is 5.94. The van der Waals surface area contributed by atoms with Gasteiger partial charge in [-0.05, 0) is 50.2 Å². The molecule has 2 bridgehead atoms. The second-order valence-electron chi connectivity index (χ2n) is 7.99. The SMILES string of the molecule is Cc1cncc(C(=O)N2C3CCC2Cn2c(nn(CC4CC4)c2=O)C3)c1. The van der Waals surface area contributed by atoms with E-state index in [2.05, 4.69) is 10.1 Å². The maximum Gasteiger partial charge on any atom is 0.345 e. The number of carbonyl (C=O) groups excluding carboxylic acids is 1. The Morgan fingerprint density at radius 2 is 2.00 bits per heavy atom. The van der Waals surface area contributed by atoms with Gasteiger partial charge in [-0.1, -0.05) is 0 Å². The molecule has 2 unspecified atom stereocenters. The zero-order valence-electron chi connectivity index (χ0n) is 15.0. The van der Waals surface area contributed by atoms with Crippen LogP contribution in [0.2, 0.25) is 0 Å². The Hall–Kier alpha value is -2.44. The van der Waals surface area contributed by atoms with Crippen LogP contribution >= 0.6 is 0 Å². The van der Waals surface area contributed by atoms with Crippen LogP contribution in [0.1, 0.15) is 47.4 Å². The predicted molar refractivity (Wildman–Crippen MR) is 94.9 cm³/mol. The number of carbonyl (C=O) groups is 1. The molecule has 5 rings (SSSR count). The summed E-state index contributed by atoms with van der Waals surface area (Å²) in [4.78, 5) is 32.0. The molecule has 1 saturated carbocycles. The van der Waals surface area contributed by atoms with Gasteiger partial charge < -0.3 is 4.90 Å². The van der Waals surface area contributed by atoms with E-state index in [1.54, 1.807) is 21.6 Å². The van der Waals surface area contributed by atoms with Gasteiger partial charge in [-0.2, -0.15) is 5.10 Å². The smallest absolute Gasteiger partial charge is 0.330 e. The van der Waals surface area contributed by atoms with Crippen molar-refractivity contribution in [2.45, 2.75) is 64.2 Å². The molecule has 136 valence electrons. The first-order valence-corrected chi connectivity index (χ1v) is 9.51. The molecule has 26 heavy (non-hydrogen) atoms. The number of amides is 1. The van der Waals surface area contributed by atoms with Crippen molar-refractivity contribution in [1.29, 1.82) is 0 Å². The van der Waals surface area contributed by atoms with Crippen LogP contribution in [0.5, 0.6) is 0 Å². The molecular formula is C19H23N5O2. The number of aromatic nitrogens is 4. The van der Waals surface area contributed by atoms with Gasteiger partial charge in [0.1, 0.15) is 5.82 Å². The van der Waals surface area contributed by atoms with Gasteiger partial charge in [0.15, 0.2) is 0 Å². The van der Waals surface area contributed by atoms with E-state index in [1.807, 2.05) is 17.9 Å². The summed E-state index contributed by atoms with van der Waals surface area (Å²) < 4.78 is 3.45. The van der Waals surface area contributed by atoms with Crippen molar-refractivity contribution >= 4 is 5.91 Å². The molecule has 2 aliphatic heterocycles. The molecule has 1 amide bonds. The minimum atomic E-state index is -0.0101. The lowest BCUT2D eigenvalue weighted by Gasteiger charge is -2.28. The van der Waals surface area contributed by atoms with Crippen molar-refractivity contribution in [3.63, 3.8) is 0 Å². The Bertz CT molecular complexity index is 926. The fourth-order valence-electron chi connectivity index (χ4n) is 4.40.